The first-order valence-electron chi connectivity index (χ1n) is 7.29. The third-order valence-electron chi connectivity index (χ3n) is 3.38. The zero-order valence-corrected chi connectivity index (χ0v) is 13.9. The summed E-state index contributed by atoms with van der Waals surface area (Å²) in [5.41, 5.74) is 1.41. The molecule has 0 radical (unpaired) electrons. The van der Waals surface area contributed by atoms with Crippen LogP contribution in [0.3, 0.4) is 0 Å². The lowest BCUT2D eigenvalue weighted by Crippen LogP contribution is -3.01. The minimum atomic E-state index is -4.61. The van der Waals surface area contributed by atoms with Gasteiger partial charge in [0.25, 0.3) is 0 Å². The highest BCUT2D eigenvalue weighted by molar-refractivity contribution is 5.77. The van der Waals surface area contributed by atoms with Crippen LogP contribution in [0, 0.1) is 6.92 Å². The smallest absolute Gasteiger partial charge is 0.467 e. The van der Waals surface area contributed by atoms with Crippen molar-refractivity contribution in [3.05, 3.63) is 53.9 Å². The number of allylic oxidation sites excluding steroid dienone is 1. The highest BCUT2D eigenvalue weighted by atomic mass is 19.4. The Morgan fingerprint density at radius 1 is 1.28 bits per heavy atom. The van der Waals surface area contributed by atoms with Crippen LogP contribution in [0.5, 0.6) is 5.88 Å². The number of benzene rings is 1. The average molecular weight is 353 g/mol. The van der Waals surface area contributed by atoms with E-state index in [4.69, 9.17) is 10.6 Å². The Balaban J connectivity index is 2.45. The average Bonchev–Trinajstić information content (AvgIpc) is 2.54. The number of hydrogen-bond acceptors (Lipinski definition) is 4. The molecule has 2 rings (SSSR count). The van der Waals surface area contributed by atoms with Crippen molar-refractivity contribution in [2.24, 2.45) is 0 Å². The van der Waals surface area contributed by atoms with E-state index in [2.05, 4.69) is 15.3 Å². The van der Waals surface area contributed by atoms with Crippen LogP contribution in [-0.4, -0.2) is 30.3 Å². The molecule has 0 bridgehead atoms. The normalized spacial score (nSPS) is 13.5. The zero-order chi connectivity index (χ0) is 18.6. The third kappa shape index (κ3) is 4.68. The number of anilines is 1. The molecule has 0 fully saturated rings. The summed E-state index contributed by atoms with van der Waals surface area (Å²) < 4.78 is 44.0. The fourth-order valence-electron chi connectivity index (χ4n) is 2.15. The predicted molar refractivity (Wildman–Crippen MR) is 87.7 cm³/mol. The Bertz CT molecular complexity index is 775. The molecule has 2 aromatic rings. The van der Waals surface area contributed by atoms with Crippen LogP contribution in [0.4, 0.5) is 18.9 Å². The van der Waals surface area contributed by atoms with Crippen molar-refractivity contribution in [3.8, 4) is 17.1 Å². The third-order valence-corrected chi connectivity index (χ3v) is 3.38. The van der Waals surface area contributed by atoms with E-state index in [1.165, 1.54) is 13.4 Å². The molecular weight excluding hydrogens is 335 g/mol. The highest BCUT2D eigenvalue weighted by Gasteiger charge is 2.38. The molecular formula is C16H18F3N5O. The molecule has 0 aliphatic rings. The van der Waals surface area contributed by atoms with Gasteiger partial charge in [-0.1, -0.05) is 11.6 Å². The van der Waals surface area contributed by atoms with Crippen LogP contribution >= 0.6 is 0 Å². The first kappa shape index (κ1) is 18.7. The Labute approximate surface area is 143 Å². The minimum absolute atomic E-state index is 0.347. The van der Waals surface area contributed by atoms with Crippen LogP contribution in [0.1, 0.15) is 5.56 Å². The molecule has 6 nitrogen and oxygen atoms in total. The number of rotatable bonds is 5. The molecule has 1 heterocycles. The molecule has 0 amide bonds. The van der Waals surface area contributed by atoms with Gasteiger partial charge in [0.2, 0.25) is 11.6 Å². The second-order valence-corrected chi connectivity index (χ2v) is 5.32. The first-order valence-corrected chi connectivity index (χ1v) is 7.29. The number of ether oxygens (including phenoxy) is 1. The van der Waals surface area contributed by atoms with Crippen molar-refractivity contribution in [2.45, 2.75) is 13.1 Å². The molecule has 0 aliphatic heterocycles. The monoisotopic (exact) mass is 353 g/mol. The number of aryl methyl sites for hydroxylation is 1. The molecule has 1 unspecified atom stereocenters. The van der Waals surface area contributed by atoms with E-state index in [9.17, 15) is 13.2 Å². The molecule has 1 aromatic carbocycles. The fourth-order valence-corrected chi connectivity index (χ4v) is 2.15. The topological polar surface area (TPSA) is 75.3 Å². The molecule has 25 heavy (non-hydrogen) atoms. The van der Waals surface area contributed by atoms with Gasteiger partial charge in [0.15, 0.2) is 0 Å². The van der Waals surface area contributed by atoms with Gasteiger partial charge in [-0.05, 0) is 19.1 Å². The number of nitrogens with one attached hydrogen (secondary N) is 3. The molecule has 134 valence electrons. The highest BCUT2D eigenvalue weighted by Crippen LogP contribution is 2.30. The van der Waals surface area contributed by atoms with E-state index < -0.39 is 16.9 Å². The van der Waals surface area contributed by atoms with E-state index >= 15 is 0 Å². The van der Waals surface area contributed by atoms with Crippen molar-refractivity contribution in [2.75, 3.05) is 19.5 Å². The predicted octanol–water partition coefficient (Wildman–Crippen LogP) is 2.76. The SMILES string of the molecule is COc1cc(-c2cc(C)ccc2N/C=C(\[NH+](C)[NH-])C(F)(F)F)ncn1. The van der Waals surface area contributed by atoms with Crippen molar-refractivity contribution in [1.82, 2.24) is 9.97 Å². The van der Waals surface area contributed by atoms with E-state index in [1.54, 1.807) is 24.3 Å². The van der Waals surface area contributed by atoms with Gasteiger partial charge in [0.1, 0.15) is 6.33 Å². The molecule has 1 aromatic heterocycles. The van der Waals surface area contributed by atoms with Gasteiger partial charge in [0.05, 0.1) is 26.1 Å². The van der Waals surface area contributed by atoms with Crippen molar-refractivity contribution in [1.29, 1.82) is 0 Å². The summed E-state index contributed by atoms with van der Waals surface area (Å²) >= 11 is 0. The maximum absolute atomic E-state index is 13.0. The molecule has 0 spiro atoms. The second kappa shape index (κ2) is 7.49. The molecule has 0 saturated heterocycles. The second-order valence-electron chi connectivity index (χ2n) is 5.32. The summed E-state index contributed by atoms with van der Waals surface area (Å²) in [4.78, 5) is 8.08. The summed E-state index contributed by atoms with van der Waals surface area (Å²) in [6.07, 6.45) is -2.50. The van der Waals surface area contributed by atoms with Gasteiger partial charge in [-0.3, -0.25) is 0 Å². The van der Waals surface area contributed by atoms with Crippen LogP contribution in [0.2, 0.25) is 0 Å². The molecule has 0 saturated carbocycles. The molecule has 3 N–H and O–H groups in total. The lowest BCUT2D eigenvalue weighted by atomic mass is 10.1. The number of nitrogens with zero attached hydrogens (tertiary/aromatic N) is 2. The Kier molecular flexibility index (Phi) is 5.60. The number of quaternary nitrogens is 1. The van der Waals surface area contributed by atoms with Gasteiger partial charge in [0, 0.05) is 17.3 Å². The summed E-state index contributed by atoms with van der Waals surface area (Å²) in [6.45, 7) is 1.87. The van der Waals surface area contributed by atoms with Crippen molar-refractivity contribution < 1.29 is 22.9 Å². The van der Waals surface area contributed by atoms with Gasteiger partial charge < -0.3 is 20.9 Å². The summed E-state index contributed by atoms with van der Waals surface area (Å²) in [5, 5.41) is 2.07. The van der Waals surface area contributed by atoms with Gasteiger partial charge in [-0.15, -0.1) is 0 Å². The van der Waals surface area contributed by atoms with E-state index in [-0.39, 0.29) is 0 Å². The molecule has 0 aliphatic carbocycles. The van der Waals surface area contributed by atoms with E-state index in [1.807, 2.05) is 6.92 Å². The number of methoxy groups -OCH3 is 1. The lowest BCUT2D eigenvalue weighted by molar-refractivity contribution is -0.795. The summed E-state index contributed by atoms with van der Waals surface area (Å²) in [6, 6.07) is 6.81. The number of aromatic nitrogens is 2. The van der Waals surface area contributed by atoms with E-state index in [0.29, 0.717) is 22.8 Å². The number of alkyl halides is 3. The van der Waals surface area contributed by atoms with Gasteiger partial charge in [-0.25, -0.2) is 9.97 Å². The van der Waals surface area contributed by atoms with Crippen LogP contribution in [-0.2, 0) is 0 Å². The van der Waals surface area contributed by atoms with Crippen molar-refractivity contribution in [3.63, 3.8) is 0 Å². The van der Waals surface area contributed by atoms with Crippen molar-refractivity contribution >= 4 is 5.69 Å². The standard InChI is InChI=1S/C16H18F3N5O/c1-10-4-5-12(21-8-14(24(2)20)16(17,18)19)11(6-10)13-7-15(25-3)23-9-22-13/h4-9,20-21,24H,1-3H3/b14-8-. The molecule has 9 heteroatoms. The van der Waals surface area contributed by atoms with Gasteiger partial charge >= 0.3 is 6.18 Å². The van der Waals surface area contributed by atoms with E-state index in [0.717, 1.165) is 18.8 Å². The van der Waals surface area contributed by atoms with Crippen LogP contribution in [0.25, 0.3) is 17.1 Å². The Morgan fingerprint density at radius 2 is 2.00 bits per heavy atom. The quantitative estimate of drug-likeness (QED) is 0.811. The maximum Gasteiger partial charge on any atom is 0.467 e. The largest absolute Gasteiger partial charge is 0.481 e. The Morgan fingerprint density at radius 3 is 2.60 bits per heavy atom. The Hall–Kier alpha value is -2.65. The number of halogens is 3. The van der Waals surface area contributed by atoms with Gasteiger partial charge in [-0.2, -0.15) is 13.2 Å². The molecule has 1 atom stereocenters. The minimum Gasteiger partial charge on any atom is -0.481 e. The first-order chi connectivity index (χ1) is 11.7. The van der Waals surface area contributed by atoms with Crippen LogP contribution in [0.15, 0.2) is 42.5 Å². The summed E-state index contributed by atoms with van der Waals surface area (Å²) in [7, 11) is 2.55. The lowest BCUT2D eigenvalue weighted by Gasteiger charge is -2.21. The summed E-state index contributed by atoms with van der Waals surface area (Å²) in [5.74, 6) is 7.66. The maximum atomic E-state index is 13.0. The fraction of sp³-hybridized carbons (Fsp3) is 0.250. The van der Waals surface area contributed by atoms with Crippen LogP contribution < -0.4 is 15.1 Å². The zero-order valence-electron chi connectivity index (χ0n) is 13.9. The number of hydrogen-bond donors (Lipinski definition) is 2.